The molecule has 0 saturated carbocycles. The van der Waals surface area contributed by atoms with Crippen LogP contribution in [0.1, 0.15) is 25.3 Å². The van der Waals surface area contributed by atoms with E-state index < -0.39 is 0 Å². The Morgan fingerprint density at radius 3 is 2.88 bits per heavy atom. The van der Waals surface area contributed by atoms with E-state index in [9.17, 15) is 4.79 Å². The number of benzene rings is 1. The molecule has 0 fully saturated rings. The number of primary amides is 1. The third kappa shape index (κ3) is 5.37. The number of hydrogen-bond donors (Lipinski definition) is 3. The van der Waals surface area contributed by atoms with E-state index in [4.69, 9.17) is 22.1 Å². The van der Waals surface area contributed by atoms with Gasteiger partial charge >= 0.3 is 0 Å². The lowest BCUT2D eigenvalue weighted by molar-refractivity contribution is -0.119. The Morgan fingerprint density at radius 2 is 2.17 bits per heavy atom. The maximum absolute atomic E-state index is 10.9. The molecule has 0 aliphatic carbocycles. The van der Waals surface area contributed by atoms with Crippen molar-refractivity contribution >= 4 is 17.5 Å². The van der Waals surface area contributed by atoms with Crippen LogP contribution in [0.25, 0.3) is 0 Å². The van der Waals surface area contributed by atoms with Gasteiger partial charge < -0.3 is 21.1 Å². The van der Waals surface area contributed by atoms with Crippen molar-refractivity contribution in [2.24, 2.45) is 5.73 Å². The Bertz CT molecular complexity index is 643. The van der Waals surface area contributed by atoms with Crippen LogP contribution in [0.3, 0.4) is 0 Å². The van der Waals surface area contributed by atoms with Gasteiger partial charge in [0, 0.05) is 28.9 Å². The lowest BCUT2D eigenvalue weighted by Crippen LogP contribution is -2.40. The first-order valence-corrected chi connectivity index (χ1v) is 8.36. The van der Waals surface area contributed by atoms with Crippen LogP contribution < -0.4 is 16.4 Å². The molecule has 4 N–H and O–H groups in total. The molecule has 130 valence electrons. The molecule has 24 heavy (non-hydrogen) atoms. The molecule has 1 aromatic carbocycles. The molecule has 1 heterocycles. The maximum Gasteiger partial charge on any atom is 0.234 e. The Labute approximate surface area is 147 Å². The van der Waals surface area contributed by atoms with Gasteiger partial charge in [-0.05, 0) is 25.5 Å². The van der Waals surface area contributed by atoms with Gasteiger partial charge in [0.25, 0.3) is 0 Å². The van der Waals surface area contributed by atoms with E-state index >= 15 is 0 Å². The highest BCUT2D eigenvalue weighted by atomic mass is 35.5. The number of nitrogens with one attached hydrogen (secondary N) is 2. The second kappa shape index (κ2) is 8.87. The fourth-order valence-corrected chi connectivity index (χ4v) is 2.77. The van der Waals surface area contributed by atoms with Gasteiger partial charge in [-0.3, -0.25) is 4.79 Å². The summed E-state index contributed by atoms with van der Waals surface area (Å²) < 4.78 is 5.66. The monoisotopic (exact) mass is 349 g/mol. The third-order valence-corrected chi connectivity index (χ3v) is 4.16. The van der Waals surface area contributed by atoms with Crippen molar-refractivity contribution in [1.82, 2.24) is 10.6 Å². The normalized spacial score (nSPS) is 18.4. The summed E-state index contributed by atoms with van der Waals surface area (Å²) in [4.78, 5) is 10.9. The molecule has 0 radical (unpaired) electrons. The predicted octanol–water partition coefficient (Wildman–Crippen LogP) is 2.29. The molecule has 1 amide bonds. The molecule has 1 aromatic rings. The van der Waals surface area contributed by atoms with Crippen LogP contribution in [-0.2, 0) is 9.53 Å². The minimum atomic E-state index is -0.366. The van der Waals surface area contributed by atoms with Crippen molar-refractivity contribution in [3.63, 3.8) is 0 Å². The summed E-state index contributed by atoms with van der Waals surface area (Å²) in [5.74, 6) is -0.235. The van der Waals surface area contributed by atoms with Crippen LogP contribution in [0.2, 0.25) is 5.02 Å². The molecule has 2 atom stereocenters. The largest absolute Gasteiger partial charge is 0.374 e. The Hall–Kier alpha value is -1.82. The molecule has 0 aromatic heterocycles. The average Bonchev–Trinajstić information content (AvgIpc) is 2.54. The van der Waals surface area contributed by atoms with E-state index in [1.54, 1.807) is 6.92 Å². The van der Waals surface area contributed by atoms with E-state index in [2.05, 4.69) is 22.8 Å². The number of halogens is 1. The Kier molecular flexibility index (Phi) is 6.85. The predicted molar refractivity (Wildman–Crippen MR) is 96.6 cm³/mol. The SMILES string of the molecule is CC1=CC(c2ccccc2Cl)C=C(COCCNC(C)C(N)=O)N1. The lowest BCUT2D eigenvalue weighted by Gasteiger charge is -2.22. The van der Waals surface area contributed by atoms with Gasteiger partial charge in [0.15, 0.2) is 0 Å². The van der Waals surface area contributed by atoms with Gasteiger partial charge in [-0.25, -0.2) is 0 Å². The van der Waals surface area contributed by atoms with E-state index in [0.29, 0.717) is 19.8 Å². The fraction of sp³-hybridized carbons (Fsp3) is 0.389. The number of rotatable bonds is 8. The van der Waals surface area contributed by atoms with Crippen LogP contribution in [-0.4, -0.2) is 31.7 Å². The molecule has 2 unspecified atom stereocenters. The number of dihydropyridines is 1. The van der Waals surface area contributed by atoms with Gasteiger partial charge in [-0.2, -0.15) is 0 Å². The third-order valence-electron chi connectivity index (χ3n) is 3.81. The maximum atomic E-state index is 10.9. The Morgan fingerprint density at radius 1 is 1.42 bits per heavy atom. The van der Waals surface area contributed by atoms with Gasteiger partial charge in [-0.15, -0.1) is 0 Å². The van der Waals surface area contributed by atoms with Crippen molar-refractivity contribution in [2.75, 3.05) is 19.8 Å². The van der Waals surface area contributed by atoms with Crippen molar-refractivity contribution in [3.05, 3.63) is 58.4 Å². The van der Waals surface area contributed by atoms with Gasteiger partial charge in [0.05, 0.1) is 19.3 Å². The molecule has 5 nitrogen and oxygen atoms in total. The second-order valence-electron chi connectivity index (χ2n) is 5.84. The minimum absolute atomic E-state index is 0.131. The van der Waals surface area contributed by atoms with Crippen molar-refractivity contribution in [3.8, 4) is 0 Å². The minimum Gasteiger partial charge on any atom is -0.374 e. The van der Waals surface area contributed by atoms with Crippen LogP contribution in [0, 0.1) is 0 Å². The summed E-state index contributed by atoms with van der Waals surface area (Å²) in [6.07, 6.45) is 4.26. The van der Waals surface area contributed by atoms with E-state index in [1.165, 1.54) is 0 Å². The Balaban J connectivity index is 1.87. The highest BCUT2D eigenvalue weighted by molar-refractivity contribution is 6.31. The molecule has 1 aliphatic heterocycles. The summed E-state index contributed by atoms with van der Waals surface area (Å²) in [5, 5.41) is 7.07. The summed E-state index contributed by atoms with van der Waals surface area (Å²) in [5.41, 5.74) is 8.34. The van der Waals surface area contributed by atoms with Crippen LogP contribution in [0.4, 0.5) is 0 Å². The zero-order valence-corrected chi connectivity index (χ0v) is 14.8. The smallest absolute Gasteiger partial charge is 0.234 e. The quantitative estimate of drug-likeness (QED) is 0.629. The zero-order chi connectivity index (χ0) is 17.5. The number of hydrogen-bond acceptors (Lipinski definition) is 4. The molecular formula is C18H24ClN3O2. The molecular weight excluding hydrogens is 326 g/mol. The number of carbonyl (C=O) groups is 1. The summed E-state index contributed by atoms with van der Waals surface area (Å²) in [6, 6.07) is 7.50. The van der Waals surface area contributed by atoms with E-state index in [0.717, 1.165) is 22.0 Å². The van der Waals surface area contributed by atoms with Crippen molar-refractivity contribution < 1.29 is 9.53 Å². The first-order valence-electron chi connectivity index (χ1n) is 7.98. The topological polar surface area (TPSA) is 76.4 Å². The summed E-state index contributed by atoms with van der Waals surface area (Å²) in [7, 11) is 0. The highest BCUT2D eigenvalue weighted by Crippen LogP contribution is 2.30. The van der Waals surface area contributed by atoms with E-state index in [1.807, 2.05) is 31.2 Å². The standard InChI is InChI=1S/C18H24ClN3O2/c1-12-9-14(16-5-3-4-6-17(16)19)10-15(22-12)11-24-8-7-21-13(2)18(20)23/h3-6,9-10,13-14,21-22H,7-8,11H2,1-2H3,(H2,20,23). The van der Waals surface area contributed by atoms with E-state index in [-0.39, 0.29) is 17.9 Å². The molecule has 0 bridgehead atoms. The molecule has 1 aliphatic rings. The highest BCUT2D eigenvalue weighted by Gasteiger charge is 2.16. The molecule has 0 saturated heterocycles. The molecule has 2 rings (SSSR count). The first kappa shape index (κ1) is 18.5. The average molecular weight is 350 g/mol. The van der Waals surface area contributed by atoms with Crippen LogP contribution in [0.15, 0.2) is 47.8 Å². The second-order valence-corrected chi connectivity index (χ2v) is 6.25. The number of allylic oxidation sites excluding steroid dienone is 3. The van der Waals surface area contributed by atoms with Crippen molar-refractivity contribution in [1.29, 1.82) is 0 Å². The summed E-state index contributed by atoms with van der Waals surface area (Å²) >= 11 is 6.30. The number of carbonyl (C=O) groups excluding carboxylic acids is 1. The van der Waals surface area contributed by atoms with Gasteiger partial charge in [0.2, 0.25) is 5.91 Å². The molecule has 6 heteroatoms. The fourth-order valence-electron chi connectivity index (χ4n) is 2.51. The van der Waals surface area contributed by atoms with Gasteiger partial charge in [-0.1, -0.05) is 42.0 Å². The summed E-state index contributed by atoms with van der Waals surface area (Å²) in [6.45, 7) is 5.29. The lowest BCUT2D eigenvalue weighted by atomic mass is 9.94. The number of amides is 1. The van der Waals surface area contributed by atoms with Crippen LogP contribution in [0.5, 0.6) is 0 Å². The number of ether oxygens (including phenoxy) is 1. The van der Waals surface area contributed by atoms with Crippen molar-refractivity contribution in [2.45, 2.75) is 25.8 Å². The zero-order valence-electron chi connectivity index (χ0n) is 14.0. The first-order chi connectivity index (χ1) is 11.5. The molecule has 0 spiro atoms. The van der Waals surface area contributed by atoms with Crippen LogP contribution >= 0.6 is 11.6 Å². The number of nitrogens with two attached hydrogens (primary N) is 1. The van der Waals surface area contributed by atoms with Gasteiger partial charge in [0.1, 0.15) is 0 Å².